The van der Waals surface area contributed by atoms with Crippen molar-refractivity contribution in [2.24, 2.45) is 5.11 Å². The fraction of sp³-hybridized carbons (Fsp3) is 1.00. The molecule has 0 bridgehead atoms. The van der Waals surface area contributed by atoms with Crippen LogP contribution in [0.3, 0.4) is 0 Å². The molecule has 1 rings (SSSR count). The van der Waals surface area contributed by atoms with E-state index < -0.39 is 0 Å². The summed E-state index contributed by atoms with van der Waals surface area (Å²) >= 11 is 0. The Labute approximate surface area is 65.6 Å². The zero-order chi connectivity index (χ0) is 8.10. The number of azide groups is 1. The zero-order valence-electron chi connectivity index (χ0n) is 6.60. The molecule has 0 aliphatic carbocycles. The van der Waals surface area contributed by atoms with Crippen molar-refractivity contribution in [3.05, 3.63) is 10.4 Å². The molecule has 0 spiro atoms. The Balaban J connectivity index is 2.50. The second-order valence-electron chi connectivity index (χ2n) is 2.39. The molecule has 0 radical (unpaired) electrons. The lowest BCUT2D eigenvalue weighted by Crippen LogP contribution is -2.43. The molecule has 1 saturated heterocycles. The Morgan fingerprint density at radius 1 is 1.82 bits per heavy atom. The van der Waals surface area contributed by atoms with Gasteiger partial charge in [0.2, 0.25) is 0 Å². The van der Waals surface area contributed by atoms with E-state index in [4.69, 9.17) is 10.3 Å². The van der Waals surface area contributed by atoms with Crippen molar-refractivity contribution in [1.29, 1.82) is 0 Å². The first-order valence-corrected chi connectivity index (χ1v) is 3.74. The van der Waals surface area contributed by atoms with Crippen LogP contribution in [0.25, 0.3) is 10.4 Å². The molecule has 1 aliphatic heterocycles. The molecular formula is C6H12N4O. The fourth-order valence-electron chi connectivity index (χ4n) is 1.16. The lowest BCUT2D eigenvalue weighted by Gasteiger charge is -2.31. The molecule has 5 nitrogen and oxygen atoms in total. The van der Waals surface area contributed by atoms with Crippen molar-refractivity contribution in [1.82, 2.24) is 4.90 Å². The lowest BCUT2D eigenvalue weighted by atomic mass is 10.3. The highest BCUT2D eigenvalue weighted by Gasteiger charge is 2.19. The summed E-state index contributed by atoms with van der Waals surface area (Å²) in [4.78, 5) is 4.86. The van der Waals surface area contributed by atoms with Crippen molar-refractivity contribution in [2.75, 3.05) is 26.3 Å². The minimum Gasteiger partial charge on any atom is -0.378 e. The molecule has 1 unspecified atom stereocenters. The van der Waals surface area contributed by atoms with Gasteiger partial charge in [-0.1, -0.05) is 12.0 Å². The second-order valence-corrected chi connectivity index (χ2v) is 2.39. The molecule has 0 aromatic rings. The van der Waals surface area contributed by atoms with E-state index in [1.165, 1.54) is 0 Å². The van der Waals surface area contributed by atoms with E-state index in [1.54, 1.807) is 0 Å². The number of ether oxygens (including phenoxy) is 1. The number of nitrogens with zero attached hydrogens (tertiary/aromatic N) is 4. The van der Waals surface area contributed by atoms with Crippen LogP contribution in [0.5, 0.6) is 0 Å². The molecule has 0 aromatic heterocycles. The number of likely N-dealkylation sites (N-methyl/N-ethyl adjacent to an activating group) is 1. The smallest absolute Gasteiger partial charge is 0.112 e. The molecule has 0 amide bonds. The van der Waals surface area contributed by atoms with Crippen LogP contribution in [0.15, 0.2) is 5.11 Å². The topological polar surface area (TPSA) is 61.2 Å². The van der Waals surface area contributed by atoms with E-state index in [1.807, 2.05) is 6.92 Å². The average molecular weight is 156 g/mol. The van der Waals surface area contributed by atoms with Crippen molar-refractivity contribution >= 4 is 0 Å². The Bertz CT molecular complexity index is 166. The largest absolute Gasteiger partial charge is 0.378 e. The molecule has 1 fully saturated rings. The van der Waals surface area contributed by atoms with E-state index >= 15 is 0 Å². The molecular weight excluding hydrogens is 144 g/mol. The average Bonchev–Trinajstić information content (AvgIpc) is 2.06. The maximum Gasteiger partial charge on any atom is 0.112 e. The minimum absolute atomic E-state index is 0.0984. The first-order valence-electron chi connectivity index (χ1n) is 3.74. The SMILES string of the molecule is CCN1CCOCC1N=[N+]=[N-]. The van der Waals surface area contributed by atoms with Gasteiger partial charge in [-0.15, -0.1) is 0 Å². The molecule has 0 saturated carbocycles. The highest BCUT2D eigenvalue weighted by atomic mass is 16.5. The quantitative estimate of drug-likeness (QED) is 0.340. The van der Waals surface area contributed by atoms with Crippen LogP contribution in [0.4, 0.5) is 0 Å². The third-order valence-electron chi connectivity index (χ3n) is 1.80. The molecule has 62 valence electrons. The van der Waals surface area contributed by atoms with E-state index in [0.29, 0.717) is 6.61 Å². The molecule has 5 heteroatoms. The van der Waals surface area contributed by atoms with Crippen molar-refractivity contribution < 1.29 is 4.74 Å². The maximum atomic E-state index is 8.21. The molecule has 11 heavy (non-hydrogen) atoms. The fourth-order valence-corrected chi connectivity index (χ4v) is 1.16. The summed E-state index contributed by atoms with van der Waals surface area (Å²) in [6.45, 7) is 5.08. The van der Waals surface area contributed by atoms with Gasteiger partial charge in [-0.3, -0.25) is 4.90 Å². The normalized spacial score (nSPS) is 26.1. The number of hydrogen-bond acceptors (Lipinski definition) is 3. The van der Waals surface area contributed by atoms with Crippen molar-refractivity contribution in [3.63, 3.8) is 0 Å². The predicted molar refractivity (Wildman–Crippen MR) is 41.0 cm³/mol. The van der Waals surface area contributed by atoms with Gasteiger partial charge >= 0.3 is 0 Å². The standard InChI is InChI=1S/C6H12N4O/c1-2-10-3-4-11-5-6(10)8-9-7/h6H,2-5H2,1H3. The number of rotatable bonds is 2. The summed E-state index contributed by atoms with van der Waals surface area (Å²) in [6, 6.07) is 0. The van der Waals surface area contributed by atoms with Crippen molar-refractivity contribution in [2.45, 2.75) is 13.1 Å². The van der Waals surface area contributed by atoms with Crippen LogP contribution in [-0.2, 0) is 4.74 Å². The van der Waals surface area contributed by atoms with Gasteiger partial charge in [-0.25, -0.2) is 0 Å². The summed E-state index contributed by atoms with van der Waals surface area (Å²) < 4.78 is 5.16. The third-order valence-corrected chi connectivity index (χ3v) is 1.80. The van der Waals surface area contributed by atoms with E-state index in [-0.39, 0.29) is 6.17 Å². The van der Waals surface area contributed by atoms with Gasteiger partial charge in [-0.2, -0.15) is 0 Å². The van der Waals surface area contributed by atoms with Gasteiger partial charge in [0.25, 0.3) is 0 Å². The Morgan fingerprint density at radius 3 is 3.27 bits per heavy atom. The van der Waals surface area contributed by atoms with Gasteiger partial charge < -0.3 is 4.74 Å². The highest BCUT2D eigenvalue weighted by Crippen LogP contribution is 2.06. The van der Waals surface area contributed by atoms with E-state index in [0.717, 1.165) is 19.7 Å². The van der Waals surface area contributed by atoms with Crippen LogP contribution in [0.1, 0.15) is 6.92 Å². The van der Waals surface area contributed by atoms with Gasteiger partial charge in [0.05, 0.1) is 13.2 Å². The van der Waals surface area contributed by atoms with E-state index in [2.05, 4.69) is 14.9 Å². The predicted octanol–water partition coefficient (Wildman–Crippen LogP) is 0.975. The van der Waals surface area contributed by atoms with Crippen LogP contribution in [0.2, 0.25) is 0 Å². The zero-order valence-corrected chi connectivity index (χ0v) is 6.60. The van der Waals surface area contributed by atoms with Crippen LogP contribution < -0.4 is 0 Å². The van der Waals surface area contributed by atoms with Gasteiger partial charge in [0.15, 0.2) is 0 Å². The Hall–Kier alpha value is -0.770. The number of morpholine rings is 1. The van der Waals surface area contributed by atoms with Crippen LogP contribution in [0, 0.1) is 0 Å². The summed E-state index contributed by atoms with van der Waals surface area (Å²) in [5.74, 6) is 0. The maximum absolute atomic E-state index is 8.21. The van der Waals surface area contributed by atoms with Gasteiger partial charge in [0.1, 0.15) is 6.17 Å². The molecule has 1 heterocycles. The Morgan fingerprint density at radius 2 is 2.64 bits per heavy atom. The molecule has 1 aliphatic rings. The third kappa shape index (κ3) is 2.08. The number of hydrogen-bond donors (Lipinski definition) is 0. The summed E-state index contributed by atoms with van der Waals surface area (Å²) in [6.07, 6.45) is -0.0984. The lowest BCUT2D eigenvalue weighted by molar-refractivity contribution is -0.00195. The van der Waals surface area contributed by atoms with Crippen molar-refractivity contribution in [3.8, 4) is 0 Å². The first-order chi connectivity index (χ1) is 5.38. The van der Waals surface area contributed by atoms with Crippen LogP contribution >= 0.6 is 0 Å². The summed E-state index contributed by atoms with van der Waals surface area (Å²) in [5, 5.41) is 3.62. The monoisotopic (exact) mass is 156 g/mol. The molecule has 0 aromatic carbocycles. The summed E-state index contributed by atoms with van der Waals surface area (Å²) in [7, 11) is 0. The highest BCUT2D eigenvalue weighted by molar-refractivity contribution is 4.71. The first kappa shape index (κ1) is 8.33. The second kappa shape index (κ2) is 4.18. The summed E-state index contributed by atoms with van der Waals surface area (Å²) in [5.41, 5.74) is 8.21. The molecule has 1 atom stereocenters. The van der Waals surface area contributed by atoms with Gasteiger partial charge in [0, 0.05) is 11.5 Å². The van der Waals surface area contributed by atoms with E-state index in [9.17, 15) is 0 Å². The molecule has 0 N–H and O–H groups in total. The van der Waals surface area contributed by atoms with Crippen LogP contribution in [-0.4, -0.2) is 37.4 Å². The minimum atomic E-state index is -0.0984. The van der Waals surface area contributed by atoms with Gasteiger partial charge in [-0.05, 0) is 12.1 Å². The Kier molecular flexibility index (Phi) is 3.16.